The molecule has 4 heterocycles. The number of piperidine rings is 1. The van der Waals surface area contributed by atoms with Gasteiger partial charge in [0.25, 0.3) is 5.91 Å². The van der Waals surface area contributed by atoms with Crippen molar-refractivity contribution in [2.45, 2.75) is 32.0 Å². The second-order valence-electron chi connectivity index (χ2n) is 10.7. The van der Waals surface area contributed by atoms with E-state index in [1.807, 2.05) is 48.5 Å². The molecule has 44 heavy (non-hydrogen) atoms. The molecule has 0 atom stereocenters. The van der Waals surface area contributed by atoms with Gasteiger partial charge >= 0.3 is 0 Å². The molecular weight excluding hydrogens is 578 g/mol. The van der Waals surface area contributed by atoms with E-state index in [1.54, 1.807) is 25.8 Å². The summed E-state index contributed by atoms with van der Waals surface area (Å²) < 4.78 is 11.0. The predicted octanol–water partition coefficient (Wildman–Crippen LogP) is 5.45. The van der Waals surface area contributed by atoms with E-state index in [9.17, 15) is 4.79 Å². The van der Waals surface area contributed by atoms with E-state index in [-0.39, 0.29) is 18.6 Å². The molecule has 0 spiro atoms. The second-order valence-corrected chi connectivity index (χ2v) is 11.1. The number of nitrogens with one attached hydrogen (secondary N) is 3. The van der Waals surface area contributed by atoms with Crippen molar-refractivity contribution >= 4 is 34.4 Å². The van der Waals surface area contributed by atoms with Crippen molar-refractivity contribution in [3.05, 3.63) is 95.5 Å². The highest BCUT2D eigenvalue weighted by molar-refractivity contribution is 6.37. The van der Waals surface area contributed by atoms with Gasteiger partial charge in [-0.2, -0.15) is 0 Å². The normalized spacial score (nSPS) is 14.0. The number of carbonyl (C=O) groups is 1. The fourth-order valence-electron chi connectivity index (χ4n) is 5.30. The number of pyridine rings is 2. The molecule has 6 rings (SSSR count). The summed E-state index contributed by atoms with van der Waals surface area (Å²) in [6.45, 7) is 3.21. The summed E-state index contributed by atoms with van der Waals surface area (Å²) in [7, 11) is 1.68. The number of benzene rings is 2. The number of ether oxygens (including phenoxy) is 2. The summed E-state index contributed by atoms with van der Waals surface area (Å²) in [6.07, 6.45) is 7.00. The summed E-state index contributed by atoms with van der Waals surface area (Å²) in [4.78, 5) is 31.1. The van der Waals surface area contributed by atoms with Crippen molar-refractivity contribution in [2.24, 2.45) is 0 Å². The molecule has 1 fully saturated rings. The number of hydrogen-bond acceptors (Lipinski definition) is 8. The van der Waals surface area contributed by atoms with E-state index >= 15 is 0 Å². The van der Waals surface area contributed by atoms with Crippen LogP contribution in [0.4, 0.5) is 5.69 Å². The lowest BCUT2D eigenvalue weighted by atomic mass is 10.0. The first-order valence-electron chi connectivity index (χ1n) is 14.6. The number of nitrogens with zero attached hydrogens (tertiary/aromatic N) is 4. The van der Waals surface area contributed by atoms with Crippen LogP contribution in [0.25, 0.3) is 22.4 Å². The van der Waals surface area contributed by atoms with Gasteiger partial charge in [-0.05, 0) is 72.5 Å². The number of anilines is 1. The van der Waals surface area contributed by atoms with Gasteiger partial charge in [0.15, 0.2) is 12.3 Å². The number of hydrogen-bond donors (Lipinski definition) is 3. The molecule has 0 unspecified atom stereocenters. The molecule has 5 aromatic rings. The van der Waals surface area contributed by atoms with E-state index in [4.69, 9.17) is 26.1 Å². The number of methoxy groups -OCH3 is 1. The molecule has 1 aliphatic heterocycles. The number of amides is 1. The third-order valence-corrected chi connectivity index (χ3v) is 8.12. The van der Waals surface area contributed by atoms with Crippen LogP contribution in [0.15, 0.2) is 79.4 Å². The zero-order valence-corrected chi connectivity index (χ0v) is 25.2. The fraction of sp³-hybridized carbons (Fsp3) is 0.273. The zero-order valence-electron chi connectivity index (χ0n) is 24.4. The number of rotatable bonds is 11. The molecule has 226 valence electrons. The van der Waals surface area contributed by atoms with E-state index in [0.717, 1.165) is 60.6 Å². The number of imidazole rings is 1. The van der Waals surface area contributed by atoms with Gasteiger partial charge in [0.2, 0.25) is 0 Å². The Hall–Kier alpha value is -4.67. The van der Waals surface area contributed by atoms with Crippen LogP contribution in [0.1, 0.15) is 24.0 Å². The zero-order chi connectivity index (χ0) is 30.3. The van der Waals surface area contributed by atoms with Crippen molar-refractivity contribution in [2.75, 3.05) is 32.1 Å². The van der Waals surface area contributed by atoms with E-state index in [2.05, 4.69) is 42.6 Å². The highest BCUT2D eigenvalue weighted by Crippen LogP contribution is 2.38. The van der Waals surface area contributed by atoms with Crippen LogP contribution in [0.2, 0.25) is 5.02 Å². The Kier molecular flexibility index (Phi) is 9.19. The number of fused-ring (bicyclic) bond motifs is 1. The first-order valence-corrected chi connectivity index (χ1v) is 15.0. The summed E-state index contributed by atoms with van der Waals surface area (Å²) in [6, 6.07) is 19.6. The number of likely N-dealkylation sites (tertiary alicyclic amines) is 1. The third kappa shape index (κ3) is 7.10. The summed E-state index contributed by atoms with van der Waals surface area (Å²) >= 11 is 7.01. The lowest BCUT2D eigenvalue weighted by molar-refractivity contribution is -0.123. The largest absolute Gasteiger partial charge is 0.497 e. The van der Waals surface area contributed by atoms with E-state index < -0.39 is 0 Å². The molecule has 0 saturated carbocycles. The first kappa shape index (κ1) is 29.4. The van der Waals surface area contributed by atoms with Gasteiger partial charge in [0.05, 0.1) is 29.8 Å². The SMILES string of the molecule is COc1ccc(CN2CCC(Nc3c(Cl)c(-c4ccc(OCC(=O)NCc5ccncc5)cc4)nc4nc[nH]c34)CC2)cc1. The standard InChI is InChI=1S/C33H34ClN7O3/c1-43-26-6-2-23(3-7-26)19-41-16-12-25(13-17-41)39-31-29(34)30(40-33-32(31)37-21-38-33)24-4-8-27(9-5-24)44-20-28(42)36-18-22-10-14-35-15-11-22/h2-11,14-15,21,25H,12-13,16-20H2,1H3,(H,36,42)(H2,37,38,39,40). The van der Waals surface area contributed by atoms with Crippen LogP contribution in [0.3, 0.4) is 0 Å². The Labute approximate surface area is 260 Å². The molecule has 0 aliphatic carbocycles. The molecule has 2 aromatic carbocycles. The lowest BCUT2D eigenvalue weighted by Gasteiger charge is -2.33. The number of aromatic amines is 1. The Balaban J connectivity index is 1.08. The topological polar surface area (TPSA) is 117 Å². The first-order chi connectivity index (χ1) is 21.6. The summed E-state index contributed by atoms with van der Waals surface area (Å²) in [5.41, 5.74) is 5.90. The third-order valence-electron chi connectivity index (χ3n) is 7.75. The van der Waals surface area contributed by atoms with Crippen LogP contribution in [0.5, 0.6) is 11.5 Å². The maximum Gasteiger partial charge on any atom is 0.258 e. The van der Waals surface area contributed by atoms with Gasteiger partial charge in [0, 0.05) is 50.2 Å². The minimum Gasteiger partial charge on any atom is -0.497 e. The molecule has 3 aromatic heterocycles. The molecule has 1 amide bonds. The van der Waals surface area contributed by atoms with Gasteiger partial charge in [-0.1, -0.05) is 23.7 Å². The van der Waals surface area contributed by atoms with Crippen LogP contribution in [-0.4, -0.2) is 63.6 Å². The van der Waals surface area contributed by atoms with Gasteiger partial charge in [-0.25, -0.2) is 9.97 Å². The molecule has 1 aliphatic rings. The molecule has 3 N–H and O–H groups in total. The van der Waals surface area contributed by atoms with Crippen LogP contribution in [0, 0.1) is 0 Å². The van der Waals surface area contributed by atoms with Crippen molar-refractivity contribution in [1.82, 2.24) is 30.2 Å². The molecule has 1 saturated heterocycles. The van der Waals surface area contributed by atoms with Gasteiger partial charge in [-0.3, -0.25) is 14.7 Å². The number of carbonyl (C=O) groups excluding carboxylic acids is 1. The molecule has 10 nitrogen and oxygen atoms in total. The van der Waals surface area contributed by atoms with Gasteiger partial charge in [-0.15, -0.1) is 0 Å². The Morgan fingerprint density at radius 3 is 2.45 bits per heavy atom. The predicted molar refractivity (Wildman–Crippen MR) is 171 cm³/mol. The fourth-order valence-corrected chi connectivity index (χ4v) is 5.61. The van der Waals surface area contributed by atoms with Crippen molar-refractivity contribution < 1.29 is 14.3 Å². The summed E-state index contributed by atoms with van der Waals surface area (Å²) in [5, 5.41) is 7.07. The average Bonchev–Trinajstić information content (AvgIpc) is 3.54. The Morgan fingerprint density at radius 1 is 1.00 bits per heavy atom. The van der Waals surface area contributed by atoms with Crippen molar-refractivity contribution in [3.8, 4) is 22.8 Å². The van der Waals surface area contributed by atoms with Crippen molar-refractivity contribution in [1.29, 1.82) is 0 Å². The van der Waals surface area contributed by atoms with Crippen LogP contribution in [-0.2, 0) is 17.9 Å². The highest BCUT2D eigenvalue weighted by atomic mass is 35.5. The Bertz CT molecular complexity index is 1690. The maximum atomic E-state index is 12.2. The number of halogens is 1. The average molecular weight is 612 g/mol. The van der Waals surface area contributed by atoms with Crippen molar-refractivity contribution in [3.63, 3.8) is 0 Å². The van der Waals surface area contributed by atoms with E-state index in [0.29, 0.717) is 28.7 Å². The number of H-pyrrole nitrogens is 1. The monoisotopic (exact) mass is 611 g/mol. The van der Waals surface area contributed by atoms with E-state index in [1.165, 1.54) is 5.56 Å². The molecule has 0 radical (unpaired) electrons. The molecule has 0 bridgehead atoms. The van der Waals surface area contributed by atoms with Gasteiger partial charge < -0.3 is 25.1 Å². The van der Waals surface area contributed by atoms with Gasteiger partial charge in [0.1, 0.15) is 17.0 Å². The van der Waals surface area contributed by atoms with Crippen LogP contribution >= 0.6 is 11.6 Å². The highest BCUT2D eigenvalue weighted by Gasteiger charge is 2.23. The second kappa shape index (κ2) is 13.7. The maximum absolute atomic E-state index is 12.2. The number of aromatic nitrogens is 4. The Morgan fingerprint density at radius 2 is 1.73 bits per heavy atom. The van der Waals surface area contributed by atoms with Crippen LogP contribution < -0.4 is 20.1 Å². The minimum atomic E-state index is -0.207. The summed E-state index contributed by atoms with van der Waals surface area (Å²) in [5.74, 6) is 1.24. The smallest absolute Gasteiger partial charge is 0.258 e. The molecule has 11 heteroatoms. The quantitative estimate of drug-likeness (QED) is 0.180. The lowest BCUT2D eigenvalue weighted by Crippen LogP contribution is -2.38. The molecular formula is C33H34ClN7O3. The minimum absolute atomic E-state index is 0.0877.